The molecule has 0 fully saturated rings. The van der Waals surface area contributed by atoms with E-state index in [0.717, 1.165) is 6.07 Å². The van der Waals surface area contributed by atoms with E-state index in [1.807, 2.05) is 13.8 Å². The van der Waals surface area contributed by atoms with E-state index in [2.05, 4.69) is 20.6 Å². The highest BCUT2D eigenvalue weighted by atomic mass is 35.5. The smallest absolute Gasteiger partial charge is 0.368 e. The number of benzene rings is 1. The lowest BCUT2D eigenvalue weighted by atomic mass is 10.2. The molecule has 1 heterocycles. The number of hydrogen-bond acceptors (Lipinski definition) is 4. The Morgan fingerprint density at radius 1 is 1.13 bits per heavy atom. The molecular weight excluding hydrogens is 329 g/mol. The Bertz CT molecular complexity index is 702. The molecule has 0 atom stereocenters. The first-order valence-corrected chi connectivity index (χ1v) is 7.29. The normalized spacial score (nSPS) is 11.7. The minimum Gasteiger partial charge on any atom is -0.368 e. The lowest BCUT2D eigenvalue weighted by molar-refractivity contribution is -0.137. The Morgan fingerprint density at radius 2 is 1.83 bits per heavy atom. The zero-order chi connectivity index (χ0) is 17.2. The van der Waals surface area contributed by atoms with Crippen LogP contribution in [0, 0.1) is 6.92 Å². The zero-order valence-corrected chi connectivity index (χ0v) is 13.5. The van der Waals surface area contributed by atoms with Gasteiger partial charge in [0.1, 0.15) is 5.82 Å². The first kappa shape index (κ1) is 17.3. The molecule has 0 bridgehead atoms. The number of halogens is 4. The van der Waals surface area contributed by atoms with Gasteiger partial charge in [-0.3, -0.25) is 0 Å². The monoisotopic (exact) mass is 344 g/mol. The first-order chi connectivity index (χ1) is 10.6. The zero-order valence-electron chi connectivity index (χ0n) is 12.8. The van der Waals surface area contributed by atoms with Crippen LogP contribution in [0.4, 0.5) is 30.6 Å². The molecule has 0 radical (unpaired) electrons. The number of nitrogens with one attached hydrogen (secondary N) is 2. The predicted molar refractivity (Wildman–Crippen MR) is 85.3 cm³/mol. The van der Waals surface area contributed by atoms with Crippen molar-refractivity contribution < 1.29 is 13.2 Å². The molecule has 0 saturated heterocycles. The van der Waals surface area contributed by atoms with Crippen molar-refractivity contribution in [2.24, 2.45) is 0 Å². The molecule has 0 aliphatic heterocycles. The third kappa shape index (κ3) is 4.72. The Hall–Kier alpha value is -2.02. The Kier molecular flexibility index (Phi) is 4.99. The minimum atomic E-state index is -4.52. The molecule has 0 saturated carbocycles. The van der Waals surface area contributed by atoms with E-state index in [4.69, 9.17) is 11.6 Å². The predicted octanol–water partition coefficient (Wildman–Crippen LogP) is 5.02. The summed E-state index contributed by atoms with van der Waals surface area (Å²) in [5.41, 5.74) is -0.00386. The molecule has 0 spiro atoms. The van der Waals surface area contributed by atoms with Gasteiger partial charge >= 0.3 is 6.18 Å². The SMILES string of the molecule is Cc1cc(NC(C)C)nc(Nc2ccc(Cl)c(C(F)(F)F)c2)n1. The highest BCUT2D eigenvalue weighted by molar-refractivity contribution is 6.31. The molecule has 0 aliphatic carbocycles. The number of aromatic nitrogens is 2. The molecule has 8 heteroatoms. The van der Waals surface area contributed by atoms with Crippen LogP contribution in [0.5, 0.6) is 0 Å². The summed E-state index contributed by atoms with van der Waals surface area (Å²) in [6.07, 6.45) is -4.52. The lowest BCUT2D eigenvalue weighted by Crippen LogP contribution is -2.12. The quantitative estimate of drug-likeness (QED) is 0.817. The van der Waals surface area contributed by atoms with Gasteiger partial charge in [0.25, 0.3) is 0 Å². The van der Waals surface area contributed by atoms with Crippen molar-refractivity contribution >= 4 is 29.1 Å². The number of alkyl halides is 3. The van der Waals surface area contributed by atoms with Crippen molar-refractivity contribution in [3.05, 3.63) is 40.5 Å². The highest BCUT2D eigenvalue weighted by Gasteiger charge is 2.33. The Labute approximate surface area is 137 Å². The van der Waals surface area contributed by atoms with Crippen molar-refractivity contribution in [2.75, 3.05) is 10.6 Å². The Morgan fingerprint density at radius 3 is 2.43 bits per heavy atom. The van der Waals surface area contributed by atoms with Gasteiger partial charge in [-0.05, 0) is 39.0 Å². The van der Waals surface area contributed by atoms with Crippen LogP contribution in [0.2, 0.25) is 5.02 Å². The van der Waals surface area contributed by atoms with Gasteiger partial charge in [-0.1, -0.05) is 11.6 Å². The van der Waals surface area contributed by atoms with E-state index < -0.39 is 11.7 Å². The lowest BCUT2D eigenvalue weighted by Gasteiger charge is -2.14. The fourth-order valence-corrected chi connectivity index (χ4v) is 2.17. The summed E-state index contributed by atoms with van der Waals surface area (Å²) in [5.74, 6) is 0.809. The maximum atomic E-state index is 12.9. The maximum absolute atomic E-state index is 12.9. The van der Waals surface area contributed by atoms with Gasteiger partial charge in [0, 0.05) is 23.5 Å². The largest absolute Gasteiger partial charge is 0.417 e. The summed E-state index contributed by atoms with van der Waals surface area (Å²) in [5, 5.41) is 5.55. The Balaban J connectivity index is 2.31. The van der Waals surface area contributed by atoms with E-state index >= 15 is 0 Å². The highest BCUT2D eigenvalue weighted by Crippen LogP contribution is 2.36. The molecule has 0 amide bonds. The van der Waals surface area contributed by atoms with Crippen LogP contribution in [0.15, 0.2) is 24.3 Å². The molecule has 4 nitrogen and oxygen atoms in total. The molecular formula is C15H16ClF3N4. The summed E-state index contributed by atoms with van der Waals surface area (Å²) >= 11 is 5.60. The summed E-state index contributed by atoms with van der Waals surface area (Å²) in [4.78, 5) is 8.41. The molecule has 124 valence electrons. The molecule has 2 aromatic rings. The summed E-state index contributed by atoms with van der Waals surface area (Å²) in [6, 6.07) is 5.50. The van der Waals surface area contributed by atoms with Crippen molar-refractivity contribution in [1.29, 1.82) is 0 Å². The van der Waals surface area contributed by atoms with Crippen molar-refractivity contribution in [3.63, 3.8) is 0 Å². The average Bonchev–Trinajstić information content (AvgIpc) is 2.38. The van der Waals surface area contributed by atoms with E-state index in [1.165, 1.54) is 12.1 Å². The third-order valence-corrected chi connectivity index (χ3v) is 3.15. The van der Waals surface area contributed by atoms with Crippen LogP contribution in [-0.2, 0) is 6.18 Å². The second-order valence-electron chi connectivity index (χ2n) is 5.33. The van der Waals surface area contributed by atoms with E-state index in [-0.39, 0.29) is 22.7 Å². The summed E-state index contributed by atoms with van der Waals surface area (Å²) < 4.78 is 38.7. The molecule has 2 rings (SSSR count). The first-order valence-electron chi connectivity index (χ1n) is 6.91. The molecule has 1 aromatic carbocycles. The number of hydrogen-bond donors (Lipinski definition) is 2. The van der Waals surface area contributed by atoms with E-state index in [9.17, 15) is 13.2 Å². The van der Waals surface area contributed by atoms with Crippen molar-refractivity contribution in [3.8, 4) is 0 Å². The van der Waals surface area contributed by atoms with Crippen LogP contribution in [0.1, 0.15) is 25.1 Å². The second-order valence-corrected chi connectivity index (χ2v) is 5.74. The van der Waals surface area contributed by atoms with E-state index in [1.54, 1.807) is 13.0 Å². The number of rotatable bonds is 4. The molecule has 23 heavy (non-hydrogen) atoms. The third-order valence-electron chi connectivity index (χ3n) is 2.82. The number of anilines is 3. The number of nitrogens with zero attached hydrogens (tertiary/aromatic N) is 2. The molecule has 0 aliphatic rings. The van der Waals surface area contributed by atoms with Crippen LogP contribution in [0.25, 0.3) is 0 Å². The molecule has 0 unspecified atom stereocenters. The van der Waals surface area contributed by atoms with Gasteiger partial charge in [-0.15, -0.1) is 0 Å². The van der Waals surface area contributed by atoms with Gasteiger partial charge < -0.3 is 10.6 Å². The maximum Gasteiger partial charge on any atom is 0.417 e. The fraction of sp³-hybridized carbons (Fsp3) is 0.333. The summed E-state index contributed by atoms with van der Waals surface area (Å²) in [7, 11) is 0. The number of aryl methyl sites for hydroxylation is 1. The minimum absolute atomic E-state index is 0.171. The van der Waals surface area contributed by atoms with Crippen molar-refractivity contribution in [1.82, 2.24) is 9.97 Å². The fourth-order valence-electron chi connectivity index (χ4n) is 1.94. The molecule has 2 N–H and O–H groups in total. The van der Waals surface area contributed by atoms with Gasteiger partial charge in [-0.25, -0.2) is 4.98 Å². The van der Waals surface area contributed by atoms with Crippen LogP contribution < -0.4 is 10.6 Å². The van der Waals surface area contributed by atoms with E-state index in [0.29, 0.717) is 11.5 Å². The van der Waals surface area contributed by atoms with Crippen molar-refractivity contribution in [2.45, 2.75) is 33.0 Å². The molecule has 1 aromatic heterocycles. The van der Waals surface area contributed by atoms with Gasteiger partial charge in [0.2, 0.25) is 5.95 Å². The second kappa shape index (κ2) is 6.62. The van der Waals surface area contributed by atoms with Crippen LogP contribution >= 0.6 is 11.6 Å². The van der Waals surface area contributed by atoms with Gasteiger partial charge in [0.15, 0.2) is 0 Å². The topological polar surface area (TPSA) is 49.8 Å². The summed E-state index contributed by atoms with van der Waals surface area (Å²) in [6.45, 7) is 5.69. The van der Waals surface area contributed by atoms with Crippen LogP contribution in [-0.4, -0.2) is 16.0 Å². The van der Waals surface area contributed by atoms with Gasteiger partial charge in [0.05, 0.1) is 10.6 Å². The average molecular weight is 345 g/mol. The van der Waals surface area contributed by atoms with Crippen LogP contribution in [0.3, 0.4) is 0 Å². The van der Waals surface area contributed by atoms with Gasteiger partial charge in [-0.2, -0.15) is 18.2 Å². The standard InChI is InChI=1S/C15H16ClF3N4/c1-8(2)20-13-6-9(3)21-14(23-13)22-10-4-5-12(16)11(7-10)15(17,18)19/h4-8H,1-3H3,(H2,20,21,22,23).